The molecule has 0 bridgehead atoms. The summed E-state index contributed by atoms with van der Waals surface area (Å²) in [6.07, 6.45) is 5.70. The van der Waals surface area contributed by atoms with Crippen LogP contribution in [0.15, 0.2) is 22.4 Å². The lowest BCUT2D eigenvalue weighted by Crippen LogP contribution is -2.01. The zero-order valence-electron chi connectivity index (χ0n) is 8.71. The predicted molar refractivity (Wildman–Crippen MR) is 75.6 cm³/mol. The summed E-state index contributed by atoms with van der Waals surface area (Å²) < 4.78 is 1.29. The van der Waals surface area contributed by atoms with Gasteiger partial charge in [0.15, 0.2) is 0 Å². The minimum atomic E-state index is 0.848. The lowest BCUT2D eigenvalue weighted by molar-refractivity contribution is 0.549. The molecule has 2 atom stereocenters. The van der Waals surface area contributed by atoms with E-state index in [1.165, 1.54) is 35.7 Å². The van der Waals surface area contributed by atoms with E-state index < -0.39 is 0 Å². The van der Waals surface area contributed by atoms with E-state index in [2.05, 4.69) is 39.4 Å². The lowest BCUT2D eigenvalue weighted by atomic mass is 9.96. The Labute approximate surface area is 109 Å². The van der Waals surface area contributed by atoms with E-state index in [1.807, 2.05) is 16.9 Å². The molecule has 0 saturated heterocycles. The fourth-order valence-corrected chi connectivity index (χ4v) is 4.69. The summed E-state index contributed by atoms with van der Waals surface area (Å²) in [5.41, 5.74) is 5.07. The topological polar surface area (TPSA) is 0 Å². The standard InChI is InChI=1S/C13H15IS/c14-7-11-6-9-2-1-3-12(9)13(11)10-4-5-15-8-10/h4-5,8-9,11H,1-3,6-7H2/t9-,11-/m0/s1. The van der Waals surface area contributed by atoms with Gasteiger partial charge < -0.3 is 0 Å². The van der Waals surface area contributed by atoms with Gasteiger partial charge in [-0.05, 0) is 65.5 Å². The highest BCUT2D eigenvalue weighted by Gasteiger charge is 2.35. The molecule has 1 fully saturated rings. The molecule has 0 amide bonds. The van der Waals surface area contributed by atoms with Gasteiger partial charge in [-0.3, -0.25) is 0 Å². The number of rotatable bonds is 2. The van der Waals surface area contributed by atoms with Crippen molar-refractivity contribution in [3.05, 3.63) is 28.0 Å². The SMILES string of the molecule is IC[C@@H]1C[C@@H]2CCCC2=C1c1ccsc1. The normalized spacial score (nSPS) is 29.9. The van der Waals surface area contributed by atoms with Crippen LogP contribution in [-0.2, 0) is 0 Å². The maximum atomic E-state index is 2.56. The van der Waals surface area contributed by atoms with E-state index >= 15 is 0 Å². The maximum Gasteiger partial charge on any atom is 0.00646 e. The highest BCUT2D eigenvalue weighted by molar-refractivity contribution is 14.1. The van der Waals surface area contributed by atoms with Crippen LogP contribution in [0.5, 0.6) is 0 Å². The Morgan fingerprint density at radius 3 is 3.13 bits per heavy atom. The first-order valence-corrected chi connectivity index (χ1v) is 8.18. The van der Waals surface area contributed by atoms with Crippen LogP contribution in [0, 0.1) is 11.8 Å². The van der Waals surface area contributed by atoms with Crippen molar-refractivity contribution in [2.24, 2.45) is 11.8 Å². The zero-order chi connectivity index (χ0) is 10.3. The number of thiophene rings is 1. The van der Waals surface area contributed by atoms with Crippen LogP contribution < -0.4 is 0 Å². The smallest absolute Gasteiger partial charge is 0.00646 e. The van der Waals surface area contributed by atoms with Gasteiger partial charge in [-0.1, -0.05) is 28.2 Å². The van der Waals surface area contributed by atoms with E-state index in [0.717, 1.165) is 11.8 Å². The molecule has 0 aliphatic heterocycles. The molecule has 0 N–H and O–H groups in total. The maximum absolute atomic E-state index is 2.56. The van der Waals surface area contributed by atoms with Crippen LogP contribution in [0.2, 0.25) is 0 Å². The van der Waals surface area contributed by atoms with Crippen LogP contribution in [0.4, 0.5) is 0 Å². The van der Waals surface area contributed by atoms with Crippen LogP contribution in [-0.4, -0.2) is 4.43 Å². The van der Waals surface area contributed by atoms with Crippen molar-refractivity contribution >= 4 is 39.5 Å². The van der Waals surface area contributed by atoms with Crippen molar-refractivity contribution in [2.75, 3.05) is 4.43 Å². The fourth-order valence-electron chi connectivity index (χ4n) is 3.23. The summed E-state index contributed by atoms with van der Waals surface area (Å²) in [6.45, 7) is 0. The van der Waals surface area contributed by atoms with Gasteiger partial charge in [0.25, 0.3) is 0 Å². The minimum absolute atomic E-state index is 0.848. The van der Waals surface area contributed by atoms with Crippen molar-refractivity contribution in [2.45, 2.75) is 25.7 Å². The monoisotopic (exact) mass is 330 g/mol. The molecular weight excluding hydrogens is 315 g/mol. The van der Waals surface area contributed by atoms with Crippen molar-refractivity contribution in [3.63, 3.8) is 0 Å². The second kappa shape index (κ2) is 4.21. The van der Waals surface area contributed by atoms with E-state index in [9.17, 15) is 0 Å². The molecule has 0 spiro atoms. The Hall–Kier alpha value is 0.170. The molecule has 2 heteroatoms. The van der Waals surface area contributed by atoms with Gasteiger partial charge in [0, 0.05) is 4.43 Å². The molecule has 0 radical (unpaired) electrons. The quantitative estimate of drug-likeness (QED) is 0.542. The van der Waals surface area contributed by atoms with E-state index in [1.54, 1.807) is 5.57 Å². The van der Waals surface area contributed by atoms with Gasteiger partial charge >= 0.3 is 0 Å². The Bertz CT molecular complexity index is 377. The number of allylic oxidation sites excluding steroid dienone is 2. The molecule has 1 saturated carbocycles. The Morgan fingerprint density at radius 2 is 2.40 bits per heavy atom. The molecule has 1 aromatic rings. The molecule has 0 unspecified atom stereocenters. The highest BCUT2D eigenvalue weighted by atomic mass is 127. The first-order chi connectivity index (χ1) is 7.40. The fraction of sp³-hybridized carbons (Fsp3) is 0.538. The van der Waals surface area contributed by atoms with Crippen LogP contribution in [0.25, 0.3) is 5.57 Å². The van der Waals surface area contributed by atoms with E-state index in [0.29, 0.717) is 0 Å². The average Bonchev–Trinajstić information content (AvgIpc) is 2.92. The molecule has 3 rings (SSSR count). The predicted octanol–water partition coefficient (Wildman–Crippen LogP) is 4.76. The molecule has 2 aliphatic carbocycles. The van der Waals surface area contributed by atoms with Gasteiger partial charge in [-0.25, -0.2) is 0 Å². The number of fused-ring (bicyclic) bond motifs is 1. The van der Waals surface area contributed by atoms with Gasteiger partial charge in [0.1, 0.15) is 0 Å². The molecule has 0 aromatic carbocycles. The second-order valence-electron chi connectivity index (χ2n) is 4.63. The van der Waals surface area contributed by atoms with E-state index in [4.69, 9.17) is 0 Å². The first-order valence-electron chi connectivity index (χ1n) is 5.71. The molecule has 2 aliphatic rings. The largest absolute Gasteiger partial charge is 0.152 e. The summed E-state index contributed by atoms with van der Waals surface area (Å²) in [4.78, 5) is 0. The van der Waals surface area contributed by atoms with Crippen LogP contribution in [0.1, 0.15) is 31.2 Å². The molecular formula is C13H15IS. The third-order valence-corrected chi connectivity index (χ3v) is 5.58. The Morgan fingerprint density at radius 1 is 1.47 bits per heavy atom. The molecule has 0 nitrogen and oxygen atoms in total. The van der Waals surface area contributed by atoms with Gasteiger partial charge in [-0.2, -0.15) is 11.3 Å². The first kappa shape index (κ1) is 10.3. The molecule has 80 valence electrons. The summed E-state index contributed by atoms with van der Waals surface area (Å²) in [5.74, 6) is 1.79. The summed E-state index contributed by atoms with van der Waals surface area (Å²) >= 11 is 4.40. The van der Waals surface area contributed by atoms with Crippen molar-refractivity contribution in [3.8, 4) is 0 Å². The summed E-state index contributed by atoms with van der Waals surface area (Å²) in [7, 11) is 0. The Kier molecular flexibility index (Phi) is 2.90. The van der Waals surface area contributed by atoms with E-state index in [-0.39, 0.29) is 0 Å². The van der Waals surface area contributed by atoms with Crippen LogP contribution in [0.3, 0.4) is 0 Å². The van der Waals surface area contributed by atoms with Crippen LogP contribution >= 0.6 is 33.9 Å². The zero-order valence-corrected chi connectivity index (χ0v) is 11.7. The average molecular weight is 330 g/mol. The minimum Gasteiger partial charge on any atom is -0.152 e. The molecule has 1 heterocycles. The van der Waals surface area contributed by atoms with Crippen molar-refractivity contribution in [1.29, 1.82) is 0 Å². The van der Waals surface area contributed by atoms with Gasteiger partial charge in [0.2, 0.25) is 0 Å². The number of alkyl halides is 1. The number of halogens is 1. The molecule has 1 aromatic heterocycles. The Balaban J connectivity index is 2.04. The third-order valence-electron chi connectivity index (χ3n) is 3.83. The van der Waals surface area contributed by atoms with Crippen molar-refractivity contribution in [1.82, 2.24) is 0 Å². The van der Waals surface area contributed by atoms with Gasteiger partial charge in [0.05, 0.1) is 0 Å². The second-order valence-corrected chi connectivity index (χ2v) is 6.29. The van der Waals surface area contributed by atoms with Gasteiger partial charge in [-0.15, -0.1) is 0 Å². The molecule has 15 heavy (non-hydrogen) atoms. The number of hydrogen-bond acceptors (Lipinski definition) is 1. The number of hydrogen-bond donors (Lipinski definition) is 0. The summed E-state index contributed by atoms with van der Waals surface area (Å²) in [5, 5.41) is 4.55. The third kappa shape index (κ3) is 1.70. The summed E-state index contributed by atoms with van der Waals surface area (Å²) in [6, 6.07) is 2.31. The van der Waals surface area contributed by atoms with Crippen molar-refractivity contribution < 1.29 is 0 Å². The highest BCUT2D eigenvalue weighted by Crippen LogP contribution is 2.50. The lowest BCUT2D eigenvalue weighted by Gasteiger charge is -2.12.